The molecule has 0 N–H and O–H groups in total. The molecular formula is C9H6N. The van der Waals surface area contributed by atoms with Crippen molar-refractivity contribution in [2.75, 3.05) is 0 Å². The minimum absolute atomic E-state index is 1.00. The number of hydrogen-bond donors (Lipinski definition) is 0. The minimum Gasteiger partial charge on any atom is -0.256 e. The number of nitrogens with zero attached hydrogens (tertiary/aromatic N) is 1. The van der Waals surface area contributed by atoms with E-state index in [0.717, 1.165) is 10.9 Å². The van der Waals surface area contributed by atoms with Gasteiger partial charge in [0.25, 0.3) is 0 Å². The largest absolute Gasteiger partial charge is 0.256 e. The van der Waals surface area contributed by atoms with Crippen LogP contribution in [-0.4, -0.2) is 4.98 Å². The van der Waals surface area contributed by atoms with Crippen molar-refractivity contribution in [2.45, 2.75) is 0 Å². The molecule has 47 valence electrons. The average Bonchev–Trinajstić information content (AvgIpc) is 2.05. The van der Waals surface area contributed by atoms with Crippen molar-refractivity contribution < 1.29 is 0 Å². The number of pyridine rings is 1. The molecule has 0 unspecified atom stereocenters. The van der Waals surface area contributed by atoms with Gasteiger partial charge >= 0.3 is 0 Å². The van der Waals surface area contributed by atoms with E-state index in [1.807, 2.05) is 30.3 Å². The van der Waals surface area contributed by atoms with Gasteiger partial charge in [0.2, 0.25) is 0 Å². The van der Waals surface area contributed by atoms with Crippen molar-refractivity contribution in [3.8, 4) is 0 Å². The lowest BCUT2D eigenvalue weighted by Gasteiger charge is -1.90. The first-order chi connectivity index (χ1) is 4.97. The fourth-order valence-electron chi connectivity index (χ4n) is 0.950. The number of fused-ring (bicyclic) bond motifs is 1. The minimum atomic E-state index is 1.00. The Morgan fingerprint density at radius 2 is 2.20 bits per heavy atom. The highest BCUT2D eigenvalue weighted by Gasteiger charge is 1.87. The average molecular weight is 128 g/mol. The predicted molar refractivity (Wildman–Crippen MR) is 40.6 cm³/mol. The van der Waals surface area contributed by atoms with E-state index in [0.29, 0.717) is 0 Å². The van der Waals surface area contributed by atoms with E-state index in [9.17, 15) is 0 Å². The highest BCUT2D eigenvalue weighted by atomic mass is 14.6. The lowest BCUT2D eigenvalue weighted by Crippen LogP contribution is -1.74. The monoisotopic (exact) mass is 128 g/mol. The summed E-state index contributed by atoms with van der Waals surface area (Å²) < 4.78 is 0. The zero-order chi connectivity index (χ0) is 6.81. The first-order valence-electron chi connectivity index (χ1n) is 3.18. The maximum atomic E-state index is 4.15. The molecule has 0 bridgehead atoms. The summed E-state index contributed by atoms with van der Waals surface area (Å²) in [5.41, 5.74) is 1.00. The number of hydrogen-bond acceptors (Lipinski definition) is 1. The van der Waals surface area contributed by atoms with E-state index < -0.39 is 0 Å². The van der Waals surface area contributed by atoms with Gasteiger partial charge in [0, 0.05) is 11.6 Å². The van der Waals surface area contributed by atoms with E-state index in [1.54, 1.807) is 6.20 Å². The van der Waals surface area contributed by atoms with Gasteiger partial charge in [0.15, 0.2) is 0 Å². The fourth-order valence-corrected chi connectivity index (χ4v) is 0.950. The second kappa shape index (κ2) is 2.10. The number of aromatic nitrogens is 1. The Labute approximate surface area is 59.3 Å². The fraction of sp³-hybridized carbons (Fsp3) is 0. The van der Waals surface area contributed by atoms with Crippen LogP contribution in [0.15, 0.2) is 36.5 Å². The van der Waals surface area contributed by atoms with Crippen LogP contribution in [0, 0.1) is 6.07 Å². The van der Waals surface area contributed by atoms with E-state index in [2.05, 4.69) is 11.1 Å². The topological polar surface area (TPSA) is 12.9 Å². The van der Waals surface area contributed by atoms with Gasteiger partial charge in [-0.3, -0.25) is 4.98 Å². The summed E-state index contributed by atoms with van der Waals surface area (Å²) in [4.78, 5) is 4.15. The Hall–Kier alpha value is -1.37. The smallest absolute Gasteiger partial charge is 0.0708 e. The maximum absolute atomic E-state index is 4.15. The zero-order valence-corrected chi connectivity index (χ0v) is 5.41. The van der Waals surface area contributed by atoms with E-state index in [4.69, 9.17) is 0 Å². The molecule has 1 aromatic heterocycles. The van der Waals surface area contributed by atoms with Gasteiger partial charge in [-0.15, -0.1) is 0 Å². The van der Waals surface area contributed by atoms with Crippen LogP contribution in [0.25, 0.3) is 10.9 Å². The van der Waals surface area contributed by atoms with Gasteiger partial charge in [0.1, 0.15) is 0 Å². The van der Waals surface area contributed by atoms with Gasteiger partial charge in [-0.05, 0) is 18.2 Å². The summed E-state index contributed by atoms with van der Waals surface area (Å²) in [6, 6.07) is 12.8. The molecule has 0 fully saturated rings. The molecule has 0 atom stereocenters. The quantitative estimate of drug-likeness (QED) is 0.529. The molecule has 2 aromatic rings. The van der Waals surface area contributed by atoms with Crippen LogP contribution >= 0.6 is 0 Å². The summed E-state index contributed by atoms with van der Waals surface area (Å²) >= 11 is 0. The standard InChI is InChI=1S/C9H6N/c1-2-6-9-8(4-1)5-3-7-10-9/h1-3,5-7H. The Bertz CT molecular complexity index is 276. The van der Waals surface area contributed by atoms with Crippen molar-refractivity contribution in [1.82, 2.24) is 4.98 Å². The molecule has 2 rings (SSSR count). The zero-order valence-electron chi connectivity index (χ0n) is 5.41. The third-order valence-corrected chi connectivity index (χ3v) is 1.43. The van der Waals surface area contributed by atoms with Gasteiger partial charge < -0.3 is 0 Å². The molecule has 1 aromatic carbocycles. The molecule has 0 amide bonds. The van der Waals surface area contributed by atoms with Crippen LogP contribution in [0.2, 0.25) is 0 Å². The summed E-state index contributed by atoms with van der Waals surface area (Å²) in [5, 5.41) is 1.07. The van der Waals surface area contributed by atoms with Crippen molar-refractivity contribution in [1.29, 1.82) is 0 Å². The molecule has 0 saturated carbocycles. The van der Waals surface area contributed by atoms with Gasteiger partial charge in [-0.1, -0.05) is 18.2 Å². The molecule has 10 heavy (non-hydrogen) atoms. The lowest BCUT2D eigenvalue weighted by molar-refractivity contribution is 1.41. The summed E-state index contributed by atoms with van der Waals surface area (Å²) in [6.45, 7) is 0. The number of rotatable bonds is 0. The van der Waals surface area contributed by atoms with Crippen molar-refractivity contribution >= 4 is 10.9 Å². The van der Waals surface area contributed by atoms with Crippen LogP contribution in [0.5, 0.6) is 0 Å². The highest BCUT2D eigenvalue weighted by Crippen LogP contribution is 2.07. The van der Waals surface area contributed by atoms with Crippen molar-refractivity contribution in [3.63, 3.8) is 0 Å². The summed E-state index contributed by atoms with van der Waals surface area (Å²) in [6.07, 6.45) is 1.79. The van der Waals surface area contributed by atoms with E-state index in [-0.39, 0.29) is 0 Å². The van der Waals surface area contributed by atoms with Gasteiger partial charge in [0.05, 0.1) is 5.52 Å². The molecule has 0 saturated heterocycles. The third-order valence-electron chi connectivity index (χ3n) is 1.43. The molecule has 1 radical (unpaired) electrons. The van der Waals surface area contributed by atoms with Crippen molar-refractivity contribution in [3.05, 3.63) is 42.6 Å². The second-order valence-electron chi connectivity index (χ2n) is 2.11. The normalized spacial score (nSPS) is 10.0. The SMILES string of the molecule is [c]1cccc2ncccc12. The molecule has 1 heteroatoms. The number of benzene rings is 1. The Balaban J connectivity index is 2.89. The summed E-state index contributed by atoms with van der Waals surface area (Å²) in [5.74, 6) is 0. The first kappa shape index (κ1) is 5.42. The van der Waals surface area contributed by atoms with E-state index in [1.165, 1.54) is 0 Å². The molecule has 0 aliphatic rings. The highest BCUT2D eigenvalue weighted by molar-refractivity contribution is 5.77. The van der Waals surface area contributed by atoms with Crippen molar-refractivity contribution in [2.24, 2.45) is 0 Å². The molecule has 0 spiro atoms. The van der Waals surface area contributed by atoms with Gasteiger partial charge in [-0.25, -0.2) is 0 Å². The van der Waals surface area contributed by atoms with E-state index >= 15 is 0 Å². The Morgan fingerprint density at radius 1 is 1.20 bits per heavy atom. The molecule has 1 heterocycles. The molecule has 0 aliphatic carbocycles. The predicted octanol–water partition coefficient (Wildman–Crippen LogP) is 2.03. The van der Waals surface area contributed by atoms with Gasteiger partial charge in [-0.2, -0.15) is 0 Å². The molecular weight excluding hydrogens is 122 g/mol. The Kier molecular flexibility index (Phi) is 1.14. The molecule has 1 nitrogen and oxygen atoms in total. The van der Waals surface area contributed by atoms with Crippen LogP contribution in [-0.2, 0) is 0 Å². The second-order valence-corrected chi connectivity index (χ2v) is 2.11. The Morgan fingerprint density at radius 3 is 3.10 bits per heavy atom. The van der Waals surface area contributed by atoms with Crippen LogP contribution in [0.4, 0.5) is 0 Å². The molecule has 0 aliphatic heterocycles. The first-order valence-corrected chi connectivity index (χ1v) is 3.18. The maximum Gasteiger partial charge on any atom is 0.0708 e. The van der Waals surface area contributed by atoms with Crippen LogP contribution in [0.1, 0.15) is 0 Å². The summed E-state index contributed by atoms with van der Waals surface area (Å²) in [7, 11) is 0. The van der Waals surface area contributed by atoms with Crippen LogP contribution < -0.4 is 0 Å². The van der Waals surface area contributed by atoms with Crippen LogP contribution in [0.3, 0.4) is 0 Å². The lowest BCUT2D eigenvalue weighted by atomic mass is 10.2. The third kappa shape index (κ3) is 0.760.